The van der Waals surface area contributed by atoms with Crippen molar-refractivity contribution in [2.24, 2.45) is 5.92 Å². The molecule has 0 radical (unpaired) electrons. The van der Waals surface area contributed by atoms with Gasteiger partial charge in [0.1, 0.15) is 31.0 Å². The number of aliphatic hydroxyl groups excluding tert-OH is 2. The minimum atomic E-state index is -1.16. The molecule has 8 heteroatoms. The Morgan fingerprint density at radius 3 is 2.57 bits per heavy atom. The molecule has 1 saturated heterocycles. The topological polar surface area (TPSA) is 119 Å². The van der Waals surface area contributed by atoms with Gasteiger partial charge in [-0.15, -0.1) is 0 Å². The highest BCUT2D eigenvalue weighted by Crippen LogP contribution is 2.36. The number of hydrogen-bond acceptors (Lipinski definition) is 8. The summed E-state index contributed by atoms with van der Waals surface area (Å²) >= 11 is 0. The monoisotopic (exact) mass is 420 g/mol. The van der Waals surface area contributed by atoms with Gasteiger partial charge in [-0.3, -0.25) is 4.79 Å². The molecule has 0 saturated carbocycles. The van der Waals surface area contributed by atoms with E-state index in [1.165, 1.54) is 19.1 Å². The lowest BCUT2D eigenvalue weighted by Crippen LogP contribution is -2.36. The summed E-state index contributed by atoms with van der Waals surface area (Å²) in [5, 5.41) is 20.5. The molecular weight excluding hydrogens is 392 g/mol. The summed E-state index contributed by atoms with van der Waals surface area (Å²) in [6, 6.07) is 0. The van der Waals surface area contributed by atoms with E-state index in [1.54, 1.807) is 26.8 Å². The van der Waals surface area contributed by atoms with Crippen LogP contribution in [0.15, 0.2) is 47.1 Å². The average Bonchev–Trinajstić information content (AvgIpc) is 2.93. The third kappa shape index (κ3) is 5.46. The second kappa shape index (κ2) is 9.86. The van der Waals surface area contributed by atoms with Crippen LogP contribution < -0.4 is 0 Å². The molecule has 0 bridgehead atoms. The molecule has 0 unspecified atom stereocenters. The minimum Gasteiger partial charge on any atom is -0.461 e. The van der Waals surface area contributed by atoms with Gasteiger partial charge in [0.05, 0.1) is 11.5 Å². The van der Waals surface area contributed by atoms with Gasteiger partial charge in [0, 0.05) is 18.9 Å². The van der Waals surface area contributed by atoms with Gasteiger partial charge in [-0.05, 0) is 32.4 Å². The van der Waals surface area contributed by atoms with E-state index in [9.17, 15) is 24.6 Å². The van der Waals surface area contributed by atoms with Crippen LogP contribution in [0.2, 0.25) is 0 Å². The number of allylic oxidation sites excluding steroid dienone is 1. The first-order chi connectivity index (χ1) is 14.0. The highest BCUT2D eigenvalue weighted by Gasteiger charge is 2.45. The van der Waals surface area contributed by atoms with E-state index in [0.717, 1.165) is 0 Å². The van der Waals surface area contributed by atoms with Crippen LogP contribution in [0.1, 0.15) is 34.1 Å². The van der Waals surface area contributed by atoms with Gasteiger partial charge in [-0.25, -0.2) is 9.59 Å². The maximum absolute atomic E-state index is 12.7. The summed E-state index contributed by atoms with van der Waals surface area (Å²) in [7, 11) is 0. The van der Waals surface area contributed by atoms with Crippen LogP contribution in [0.25, 0.3) is 0 Å². The Balaban J connectivity index is 2.38. The Morgan fingerprint density at radius 2 is 1.97 bits per heavy atom. The first-order valence-electron chi connectivity index (χ1n) is 9.66. The Hall–Kier alpha value is -2.71. The van der Waals surface area contributed by atoms with Gasteiger partial charge >= 0.3 is 17.9 Å². The van der Waals surface area contributed by atoms with E-state index in [1.807, 2.05) is 0 Å². The molecular formula is C22H28O8. The van der Waals surface area contributed by atoms with Gasteiger partial charge in [-0.2, -0.15) is 0 Å². The number of carbonyl (C=O) groups is 3. The lowest BCUT2D eigenvalue weighted by molar-refractivity contribution is -0.148. The third-order valence-electron chi connectivity index (χ3n) is 5.16. The number of hydrogen-bond donors (Lipinski definition) is 2. The molecule has 0 aromatic rings. The lowest BCUT2D eigenvalue weighted by Gasteiger charge is -2.29. The van der Waals surface area contributed by atoms with Gasteiger partial charge in [0.2, 0.25) is 0 Å². The van der Waals surface area contributed by atoms with Crippen LogP contribution in [0.4, 0.5) is 0 Å². The predicted molar refractivity (Wildman–Crippen MR) is 107 cm³/mol. The molecule has 1 heterocycles. The van der Waals surface area contributed by atoms with Crippen molar-refractivity contribution in [1.29, 1.82) is 0 Å². The molecule has 164 valence electrons. The zero-order chi connectivity index (χ0) is 22.6. The van der Waals surface area contributed by atoms with Gasteiger partial charge in [0.15, 0.2) is 0 Å². The van der Waals surface area contributed by atoms with Crippen molar-refractivity contribution in [2.75, 3.05) is 6.61 Å². The predicted octanol–water partition coefficient (Wildman–Crippen LogP) is 1.52. The standard InChI is InChI=1S/C22H28O8/c1-6-15(10-28-14(5)23)22(27)30-17-8-11(2)7-16(24)20(25)12(3)9-18-19(17)13(4)21(26)29-18/h6-7,9,16-20,24-25H,4,8,10H2,1-3,5H3/b11-7-,12-9-,15-6-/t16-,17-,18-,19-,20-/m1/s1. The number of fused-ring (bicyclic) bond motifs is 1. The number of rotatable bonds is 4. The van der Waals surface area contributed by atoms with Crippen molar-refractivity contribution >= 4 is 17.9 Å². The summed E-state index contributed by atoms with van der Waals surface area (Å²) in [4.78, 5) is 36.0. The quantitative estimate of drug-likeness (QED) is 0.304. The van der Waals surface area contributed by atoms with Crippen molar-refractivity contribution in [2.45, 2.75) is 58.5 Å². The second-order valence-corrected chi connectivity index (χ2v) is 7.52. The number of aliphatic hydroxyl groups is 2. The molecule has 0 aromatic carbocycles. The van der Waals surface area contributed by atoms with Crippen LogP contribution in [0.5, 0.6) is 0 Å². The molecule has 1 fully saturated rings. The van der Waals surface area contributed by atoms with Crippen molar-refractivity contribution in [1.82, 2.24) is 0 Å². The summed E-state index contributed by atoms with van der Waals surface area (Å²) in [5.74, 6) is -2.51. The van der Waals surface area contributed by atoms with E-state index in [2.05, 4.69) is 6.58 Å². The molecule has 1 aliphatic heterocycles. The van der Waals surface area contributed by atoms with Crippen LogP contribution >= 0.6 is 0 Å². The van der Waals surface area contributed by atoms with E-state index >= 15 is 0 Å². The summed E-state index contributed by atoms with van der Waals surface area (Å²) < 4.78 is 16.0. The van der Waals surface area contributed by atoms with Crippen molar-refractivity contribution in [3.63, 3.8) is 0 Å². The molecule has 30 heavy (non-hydrogen) atoms. The number of esters is 3. The van der Waals surface area contributed by atoms with Gasteiger partial charge in [0.25, 0.3) is 0 Å². The molecule has 5 atom stereocenters. The smallest absolute Gasteiger partial charge is 0.337 e. The Bertz CT molecular complexity index is 819. The maximum Gasteiger partial charge on any atom is 0.337 e. The van der Waals surface area contributed by atoms with Gasteiger partial charge < -0.3 is 24.4 Å². The maximum atomic E-state index is 12.7. The van der Waals surface area contributed by atoms with Crippen molar-refractivity contribution < 1.29 is 38.8 Å². The van der Waals surface area contributed by atoms with Crippen molar-refractivity contribution in [3.8, 4) is 0 Å². The highest BCUT2D eigenvalue weighted by molar-refractivity contribution is 5.92. The zero-order valence-corrected chi connectivity index (χ0v) is 17.6. The van der Waals surface area contributed by atoms with Crippen LogP contribution in [-0.4, -0.2) is 59.1 Å². The minimum absolute atomic E-state index is 0.151. The molecule has 0 spiro atoms. The van der Waals surface area contributed by atoms with E-state index in [4.69, 9.17) is 14.2 Å². The van der Waals surface area contributed by atoms with Crippen LogP contribution in [0, 0.1) is 5.92 Å². The molecule has 2 N–H and O–H groups in total. The molecule has 1 aliphatic carbocycles. The summed E-state index contributed by atoms with van der Waals surface area (Å²) in [6.07, 6.45) is 0.744. The SMILES string of the molecule is C=C1C(=O)O[C@@H]2/C=C(/C)[C@@H](O)[C@H](O)/C=C(/C)C[C@@H](OC(=O)/C(=C\C)COC(C)=O)[C@@H]12. The normalized spacial score (nSPS) is 33.4. The fourth-order valence-corrected chi connectivity index (χ4v) is 3.47. The van der Waals surface area contributed by atoms with Gasteiger partial charge in [-0.1, -0.05) is 24.3 Å². The summed E-state index contributed by atoms with van der Waals surface area (Å²) in [5.41, 5.74) is 1.38. The molecule has 0 amide bonds. The lowest BCUT2D eigenvalue weighted by atomic mass is 9.84. The fraction of sp³-hybridized carbons (Fsp3) is 0.500. The highest BCUT2D eigenvalue weighted by atomic mass is 16.6. The fourth-order valence-electron chi connectivity index (χ4n) is 3.47. The number of carbonyl (C=O) groups excluding carboxylic acids is 3. The Labute approximate surface area is 175 Å². The first-order valence-corrected chi connectivity index (χ1v) is 9.66. The molecule has 2 aliphatic rings. The first kappa shape index (κ1) is 23.6. The van der Waals surface area contributed by atoms with Crippen molar-refractivity contribution in [3.05, 3.63) is 47.1 Å². The Kier molecular flexibility index (Phi) is 7.75. The largest absolute Gasteiger partial charge is 0.461 e. The van der Waals surface area contributed by atoms with Crippen LogP contribution in [-0.2, 0) is 28.6 Å². The summed E-state index contributed by atoms with van der Waals surface area (Å²) in [6.45, 7) is 9.76. The molecule has 2 rings (SSSR count). The third-order valence-corrected chi connectivity index (χ3v) is 5.16. The van der Waals surface area contributed by atoms with E-state index in [-0.39, 0.29) is 24.2 Å². The average molecular weight is 420 g/mol. The van der Waals surface area contributed by atoms with E-state index < -0.39 is 48.2 Å². The molecule has 0 aromatic heterocycles. The van der Waals surface area contributed by atoms with Crippen LogP contribution in [0.3, 0.4) is 0 Å². The second-order valence-electron chi connectivity index (χ2n) is 7.52. The molecule has 8 nitrogen and oxygen atoms in total. The number of ether oxygens (including phenoxy) is 3. The Morgan fingerprint density at radius 1 is 1.30 bits per heavy atom. The van der Waals surface area contributed by atoms with E-state index in [0.29, 0.717) is 11.1 Å². The zero-order valence-electron chi connectivity index (χ0n) is 17.6.